The van der Waals surface area contributed by atoms with Crippen molar-refractivity contribution in [1.29, 1.82) is 0 Å². The molecule has 1 aromatic heterocycles. The highest BCUT2D eigenvalue weighted by molar-refractivity contribution is 9.11. The molecule has 0 aromatic carbocycles. The summed E-state index contributed by atoms with van der Waals surface area (Å²) in [6, 6.07) is 0. The van der Waals surface area contributed by atoms with Crippen LogP contribution in [0.2, 0.25) is 0 Å². The van der Waals surface area contributed by atoms with Gasteiger partial charge >= 0.3 is 0 Å². The van der Waals surface area contributed by atoms with Crippen LogP contribution in [0.5, 0.6) is 0 Å². The molecule has 3 N–H and O–H groups in total. The molecular weight excluding hydrogens is 230 g/mol. The quantitative estimate of drug-likeness (QED) is 0.431. The zero-order valence-electron chi connectivity index (χ0n) is 5.72. The molecule has 1 aromatic rings. The number of amides is 1. The van der Waals surface area contributed by atoms with Gasteiger partial charge in [-0.3, -0.25) is 10.2 Å². The van der Waals surface area contributed by atoms with E-state index in [1.54, 1.807) is 0 Å². The monoisotopic (exact) mass is 235 g/mol. The first-order chi connectivity index (χ1) is 5.15. The second-order valence-electron chi connectivity index (χ2n) is 1.85. The molecule has 0 atom stereocenters. The lowest BCUT2D eigenvalue weighted by molar-refractivity contribution is 0.0948. The Bertz CT molecular complexity index is 285. The molecule has 4 nitrogen and oxygen atoms in total. The van der Waals surface area contributed by atoms with Crippen LogP contribution >= 0.6 is 27.3 Å². The fourth-order valence-corrected chi connectivity index (χ4v) is 2.17. The van der Waals surface area contributed by atoms with Crippen molar-refractivity contribution in [3.05, 3.63) is 14.5 Å². The number of nitrogens with two attached hydrogens (primary N) is 1. The number of hydrogen-bond donors (Lipinski definition) is 2. The van der Waals surface area contributed by atoms with Gasteiger partial charge in [0.05, 0.1) is 0 Å². The summed E-state index contributed by atoms with van der Waals surface area (Å²) in [4.78, 5) is 15.7. The summed E-state index contributed by atoms with van der Waals surface area (Å²) in [6.07, 6.45) is 0. The number of rotatable bonds is 1. The zero-order chi connectivity index (χ0) is 8.43. The highest BCUT2D eigenvalue weighted by Crippen LogP contribution is 2.21. The summed E-state index contributed by atoms with van der Waals surface area (Å²) < 4.78 is 0.689. The molecule has 0 aliphatic carbocycles. The number of carbonyl (C=O) groups is 1. The van der Waals surface area contributed by atoms with Crippen molar-refractivity contribution < 1.29 is 4.79 Å². The maximum atomic E-state index is 10.9. The summed E-state index contributed by atoms with van der Waals surface area (Å²) >= 11 is 4.57. The lowest BCUT2D eigenvalue weighted by Gasteiger charge is -1.93. The number of hydrazine groups is 1. The normalized spacial score (nSPS) is 9.73. The van der Waals surface area contributed by atoms with Crippen molar-refractivity contribution in [3.63, 3.8) is 0 Å². The van der Waals surface area contributed by atoms with E-state index in [1.807, 2.05) is 12.3 Å². The Hall–Kier alpha value is -0.460. The molecule has 0 saturated heterocycles. The Balaban J connectivity index is 3.03. The molecule has 1 rings (SSSR count). The molecule has 0 aliphatic heterocycles. The van der Waals surface area contributed by atoms with Gasteiger partial charge in [-0.15, -0.1) is 11.3 Å². The Morgan fingerprint density at radius 1 is 1.82 bits per heavy atom. The van der Waals surface area contributed by atoms with Crippen LogP contribution in [0, 0.1) is 6.92 Å². The third kappa shape index (κ3) is 1.76. The van der Waals surface area contributed by atoms with Crippen LogP contribution < -0.4 is 11.3 Å². The third-order valence-electron chi connectivity index (χ3n) is 1.12. The number of carbonyl (C=O) groups excluding carboxylic acids is 1. The summed E-state index contributed by atoms with van der Waals surface area (Å²) in [5, 5.41) is 0. The average Bonchev–Trinajstić information content (AvgIpc) is 2.28. The molecule has 0 fully saturated rings. The molecule has 0 radical (unpaired) electrons. The second-order valence-corrected chi connectivity index (χ2v) is 4.32. The van der Waals surface area contributed by atoms with Crippen molar-refractivity contribution in [1.82, 2.24) is 10.4 Å². The number of thiazole rings is 1. The predicted octanol–water partition coefficient (Wildman–Crippen LogP) is 0.818. The van der Waals surface area contributed by atoms with E-state index in [-0.39, 0.29) is 5.91 Å². The van der Waals surface area contributed by atoms with Crippen molar-refractivity contribution >= 4 is 33.2 Å². The van der Waals surface area contributed by atoms with Gasteiger partial charge in [0.25, 0.3) is 5.91 Å². The maximum absolute atomic E-state index is 10.9. The Kier molecular flexibility index (Phi) is 2.58. The van der Waals surface area contributed by atoms with Crippen LogP contribution in [0.25, 0.3) is 0 Å². The van der Waals surface area contributed by atoms with Gasteiger partial charge in [-0.2, -0.15) is 0 Å². The third-order valence-corrected chi connectivity index (χ3v) is 2.54. The van der Waals surface area contributed by atoms with Gasteiger partial charge in [0.1, 0.15) is 5.69 Å². The van der Waals surface area contributed by atoms with Gasteiger partial charge in [-0.1, -0.05) is 0 Å². The van der Waals surface area contributed by atoms with Crippen molar-refractivity contribution in [3.8, 4) is 0 Å². The van der Waals surface area contributed by atoms with E-state index in [1.165, 1.54) is 11.3 Å². The van der Waals surface area contributed by atoms with E-state index >= 15 is 0 Å². The molecule has 0 saturated carbocycles. The number of aryl methyl sites for hydroxylation is 1. The van der Waals surface area contributed by atoms with Gasteiger partial charge in [-0.05, 0) is 22.9 Å². The van der Waals surface area contributed by atoms with Crippen LogP contribution in [0.4, 0.5) is 0 Å². The van der Waals surface area contributed by atoms with E-state index in [9.17, 15) is 4.79 Å². The first-order valence-electron chi connectivity index (χ1n) is 2.79. The van der Waals surface area contributed by atoms with Gasteiger partial charge in [0.15, 0.2) is 3.92 Å². The number of nitrogens with zero attached hydrogens (tertiary/aromatic N) is 1. The lowest BCUT2D eigenvalue weighted by Crippen LogP contribution is -2.30. The number of halogens is 1. The smallest absolute Gasteiger partial charge is 0.284 e. The molecule has 0 spiro atoms. The Labute approximate surface area is 75.9 Å². The van der Waals surface area contributed by atoms with Crippen LogP contribution in [0.3, 0.4) is 0 Å². The van der Waals surface area contributed by atoms with Gasteiger partial charge in [0.2, 0.25) is 0 Å². The van der Waals surface area contributed by atoms with E-state index in [0.717, 1.165) is 4.88 Å². The number of nitrogens with one attached hydrogen (secondary N) is 1. The molecule has 0 aliphatic rings. The van der Waals surface area contributed by atoms with E-state index in [2.05, 4.69) is 20.9 Å². The first kappa shape index (κ1) is 8.63. The summed E-state index contributed by atoms with van der Waals surface area (Å²) in [7, 11) is 0. The van der Waals surface area contributed by atoms with Crippen LogP contribution in [0.15, 0.2) is 3.92 Å². The fraction of sp³-hybridized carbons (Fsp3) is 0.200. The second kappa shape index (κ2) is 3.29. The van der Waals surface area contributed by atoms with E-state index < -0.39 is 0 Å². The molecular formula is C5H6BrN3OS. The minimum Gasteiger partial charge on any atom is -0.289 e. The topological polar surface area (TPSA) is 68.0 Å². The highest BCUT2D eigenvalue weighted by atomic mass is 79.9. The molecule has 1 heterocycles. The van der Waals surface area contributed by atoms with Crippen molar-refractivity contribution in [2.75, 3.05) is 0 Å². The summed E-state index contributed by atoms with van der Waals surface area (Å²) in [5.74, 6) is 4.58. The molecule has 1 amide bonds. The molecule has 6 heteroatoms. The SMILES string of the molecule is Cc1sc(Br)nc1C(=O)NN. The number of aromatic nitrogens is 1. The fourth-order valence-electron chi connectivity index (χ4n) is 0.643. The van der Waals surface area contributed by atoms with Crippen LogP contribution in [-0.2, 0) is 0 Å². The van der Waals surface area contributed by atoms with Gasteiger partial charge in [0, 0.05) is 4.88 Å². The lowest BCUT2D eigenvalue weighted by atomic mass is 10.4. The van der Waals surface area contributed by atoms with Gasteiger partial charge < -0.3 is 0 Å². The van der Waals surface area contributed by atoms with E-state index in [4.69, 9.17) is 5.84 Å². The number of hydrogen-bond acceptors (Lipinski definition) is 4. The van der Waals surface area contributed by atoms with E-state index in [0.29, 0.717) is 9.61 Å². The highest BCUT2D eigenvalue weighted by Gasteiger charge is 2.12. The van der Waals surface area contributed by atoms with Crippen LogP contribution in [-0.4, -0.2) is 10.9 Å². The average molecular weight is 236 g/mol. The minimum absolute atomic E-state index is 0.357. The maximum Gasteiger partial charge on any atom is 0.284 e. The molecule has 11 heavy (non-hydrogen) atoms. The van der Waals surface area contributed by atoms with Crippen molar-refractivity contribution in [2.24, 2.45) is 5.84 Å². The Morgan fingerprint density at radius 2 is 2.45 bits per heavy atom. The van der Waals surface area contributed by atoms with Crippen molar-refractivity contribution in [2.45, 2.75) is 6.92 Å². The standard InChI is InChI=1S/C5H6BrN3OS/c1-2-3(4(10)9-7)8-5(6)11-2/h7H2,1H3,(H,9,10). The predicted molar refractivity (Wildman–Crippen MR) is 46.2 cm³/mol. The largest absolute Gasteiger partial charge is 0.289 e. The van der Waals surface area contributed by atoms with Crippen LogP contribution in [0.1, 0.15) is 15.4 Å². The Morgan fingerprint density at radius 3 is 2.82 bits per heavy atom. The molecule has 0 unspecified atom stereocenters. The summed E-state index contributed by atoms with van der Waals surface area (Å²) in [5.41, 5.74) is 2.40. The first-order valence-corrected chi connectivity index (χ1v) is 4.40. The van der Waals surface area contributed by atoms with Gasteiger partial charge in [-0.25, -0.2) is 10.8 Å². The molecule has 60 valence electrons. The molecule has 0 bridgehead atoms. The summed E-state index contributed by atoms with van der Waals surface area (Å²) in [6.45, 7) is 1.81. The number of nitrogen functional groups attached to an aromatic ring is 1. The minimum atomic E-state index is -0.357. The zero-order valence-corrected chi connectivity index (χ0v) is 8.12.